The lowest BCUT2D eigenvalue weighted by Crippen LogP contribution is -2.06. The molecular weight excluding hydrogens is 316 g/mol. The second-order valence-corrected chi connectivity index (χ2v) is 5.87. The summed E-state index contributed by atoms with van der Waals surface area (Å²) in [5.41, 5.74) is 2.16. The molecule has 0 radical (unpaired) electrons. The van der Waals surface area contributed by atoms with E-state index in [1.165, 1.54) is 0 Å². The summed E-state index contributed by atoms with van der Waals surface area (Å²) in [5, 5.41) is 9.51. The smallest absolute Gasteiger partial charge is 0.129 e. The Balaban J connectivity index is 2.09. The number of ether oxygens (including phenoxy) is 1. The normalized spacial score (nSPS) is 12.2. The van der Waals surface area contributed by atoms with E-state index in [9.17, 15) is 5.11 Å². The molecule has 0 heterocycles. The number of benzene rings is 2. The van der Waals surface area contributed by atoms with E-state index in [2.05, 4.69) is 29.8 Å². The molecule has 0 amide bonds. The van der Waals surface area contributed by atoms with E-state index in [0.717, 1.165) is 29.9 Å². The van der Waals surface area contributed by atoms with Crippen LogP contribution < -0.4 is 4.74 Å². The van der Waals surface area contributed by atoms with Crippen molar-refractivity contribution in [3.05, 3.63) is 46.9 Å². The van der Waals surface area contributed by atoms with Gasteiger partial charge in [-0.1, -0.05) is 38.5 Å². The molecule has 0 saturated heterocycles. The molecule has 2 nitrogen and oxygen atoms in total. The average molecular weight is 335 g/mol. The van der Waals surface area contributed by atoms with Crippen LogP contribution in [0.5, 0.6) is 11.5 Å². The molecule has 2 aromatic rings. The lowest BCUT2D eigenvalue weighted by molar-refractivity contribution is 0.256. The van der Waals surface area contributed by atoms with Crippen molar-refractivity contribution in [1.82, 2.24) is 0 Å². The highest BCUT2D eigenvalue weighted by atomic mass is 79.9. The molecule has 0 aliphatic rings. The summed E-state index contributed by atoms with van der Waals surface area (Å²) >= 11 is 3.33. The van der Waals surface area contributed by atoms with Gasteiger partial charge in [0.1, 0.15) is 11.5 Å². The molecule has 0 spiro atoms. The number of halogens is 1. The summed E-state index contributed by atoms with van der Waals surface area (Å²) in [6.07, 6.45) is 1.12. The minimum absolute atomic E-state index is 0.252. The third-order valence-corrected chi connectivity index (χ3v) is 4.00. The standard InChI is InChI=1S/C17H19BrO2/c1-3-12(2)11-20-15-7-4-13(5-8-15)14-6-9-17(19)16(18)10-14/h4-10,12,19H,3,11H2,1-2H3. The largest absolute Gasteiger partial charge is 0.507 e. The molecule has 1 N–H and O–H groups in total. The van der Waals surface area contributed by atoms with Crippen molar-refractivity contribution in [2.75, 3.05) is 6.61 Å². The van der Waals surface area contributed by atoms with Crippen LogP contribution in [0, 0.1) is 5.92 Å². The first kappa shape index (κ1) is 14.9. The van der Waals surface area contributed by atoms with Gasteiger partial charge in [-0.05, 0) is 57.2 Å². The summed E-state index contributed by atoms with van der Waals surface area (Å²) in [6, 6.07) is 13.5. The predicted molar refractivity (Wildman–Crippen MR) is 86.2 cm³/mol. The Hall–Kier alpha value is -1.48. The summed E-state index contributed by atoms with van der Waals surface area (Å²) in [4.78, 5) is 0. The zero-order valence-corrected chi connectivity index (χ0v) is 13.4. The first-order chi connectivity index (χ1) is 9.60. The van der Waals surface area contributed by atoms with Crippen LogP contribution in [-0.2, 0) is 0 Å². The van der Waals surface area contributed by atoms with Crippen molar-refractivity contribution < 1.29 is 9.84 Å². The highest BCUT2D eigenvalue weighted by molar-refractivity contribution is 9.10. The molecule has 0 bridgehead atoms. The van der Waals surface area contributed by atoms with Gasteiger partial charge in [0.05, 0.1) is 11.1 Å². The van der Waals surface area contributed by atoms with Crippen LogP contribution in [0.25, 0.3) is 11.1 Å². The van der Waals surface area contributed by atoms with E-state index >= 15 is 0 Å². The lowest BCUT2D eigenvalue weighted by atomic mass is 10.1. The maximum atomic E-state index is 9.51. The average Bonchev–Trinajstić information content (AvgIpc) is 2.48. The first-order valence-corrected chi connectivity index (χ1v) is 7.61. The molecule has 3 heteroatoms. The maximum absolute atomic E-state index is 9.51. The Morgan fingerprint density at radius 1 is 1.10 bits per heavy atom. The van der Waals surface area contributed by atoms with Gasteiger partial charge in [0.25, 0.3) is 0 Å². The highest BCUT2D eigenvalue weighted by Crippen LogP contribution is 2.30. The van der Waals surface area contributed by atoms with E-state index in [1.807, 2.05) is 36.4 Å². The third kappa shape index (κ3) is 3.76. The highest BCUT2D eigenvalue weighted by Gasteiger charge is 2.04. The molecule has 1 atom stereocenters. The lowest BCUT2D eigenvalue weighted by Gasteiger charge is -2.11. The number of rotatable bonds is 5. The summed E-state index contributed by atoms with van der Waals surface area (Å²) < 4.78 is 6.44. The molecule has 0 saturated carbocycles. The van der Waals surface area contributed by atoms with Crippen LogP contribution in [0.4, 0.5) is 0 Å². The second-order valence-electron chi connectivity index (χ2n) is 5.01. The second kappa shape index (κ2) is 6.80. The molecule has 2 rings (SSSR count). The van der Waals surface area contributed by atoms with Gasteiger partial charge in [-0.15, -0.1) is 0 Å². The van der Waals surface area contributed by atoms with Crippen molar-refractivity contribution in [1.29, 1.82) is 0 Å². The van der Waals surface area contributed by atoms with Gasteiger partial charge in [0.2, 0.25) is 0 Å². The fraction of sp³-hybridized carbons (Fsp3) is 0.294. The van der Waals surface area contributed by atoms with Crippen molar-refractivity contribution in [2.24, 2.45) is 5.92 Å². The number of phenols is 1. The minimum Gasteiger partial charge on any atom is -0.507 e. The van der Waals surface area contributed by atoms with Crippen molar-refractivity contribution in [3.63, 3.8) is 0 Å². The van der Waals surface area contributed by atoms with Gasteiger partial charge in [-0.2, -0.15) is 0 Å². The van der Waals surface area contributed by atoms with Gasteiger partial charge >= 0.3 is 0 Å². The Bertz CT molecular complexity index is 564. The minimum atomic E-state index is 0.252. The van der Waals surface area contributed by atoms with Crippen molar-refractivity contribution in [2.45, 2.75) is 20.3 Å². The van der Waals surface area contributed by atoms with E-state index in [-0.39, 0.29) is 5.75 Å². The van der Waals surface area contributed by atoms with Crippen LogP contribution >= 0.6 is 15.9 Å². The summed E-state index contributed by atoms with van der Waals surface area (Å²) in [7, 11) is 0. The van der Waals surface area contributed by atoms with Crippen LogP contribution in [0.15, 0.2) is 46.9 Å². The van der Waals surface area contributed by atoms with E-state index < -0.39 is 0 Å². The molecule has 0 aliphatic heterocycles. The predicted octanol–water partition coefficient (Wildman–Crippen LogP) is 5.25. The molecule has 0 aliphatic carbocycles. The molecule has 2 aromatic carbocycles. The van der Waals surface area contributed by atoms with E-state index in [1.54, 1.807) is 6.07 Å². The fourth-order valence-corrected chi connectivity index (χ4v) is 2.17. The molecule has 106 valence electrons. The van der Waals surface area contributed by atoms with Gasteiger partial charge in [0, 0.05) is 0 Å². The number of hydrogen-bond donors (Lipinski definition) is 1. The van der Waals surface area contributed by atoms with Gasteiger partial charge < -0.3 is 9.84 Å². The fourth-order valence-electron chi connectivity index (χ4n) is 1.79. The monoisotopic (exact) mass is 334 g/mol. The van der Waals surface area contributed by atoms with Crippen LogP contribution in [0.1, 0.15) is 20.3 Å². The van der Waals surface area contributed by atoms with Crippen LogP contribution in [0.3, 0.4) is 0 Å². The Labute approximate surface area is 128 Å². The van der Waals surface area contributed by atoms with Crippen molar-refractivity contribution in [3.8, 4) is 22.6 Å². The van der Waals surface area contributed by atoms with Crippen molar-refractivity contribution >= 4 is 15.9 Å². The maximum Gasteiger partial charge on any atom is 0.129 e. The molecule has 1 unspecified atom stereocenters. The van der Waals surface area contributed by atoms with E-state index in [0.29, 0.717) is 10.4 Å². The molecule has 0 fully saturated rings. The van der Waals surface area contributed by atoms with Crippen LogP contribution in [0.2, 0.25) is 0 Å². The van der Waals surface area contributed by atoms with Crippen LogP contribution in [-0.4, -0.2) is 11.7 Å². The Kier molecular flexibility index (Phi) is 5.07. The SMILES string of the molecule is CCC(C)COc1ccc(-c2ccc(O)c(Br)c2)cc1. The van der Waals surface area contributed by atoms with E-state index in [4.69, 9.17) is 4.74 Å². The summed E-state index contributed by atoms with van der Waals surface area (Å²) in [5.74, 6) is 1.72. The third-order valence-electron chi connectivity index (χ3n) is 3.37. The number of hydrogen-bond acceptors (Lipinski definition) is 2. The number of aromatic hydroxyl groups is 1. The van der Waals surface area contributed by atoms with Gasteiger partial charge in [-0.3, -0.25) is 0 Å². The Morgan fingerprint density at radius 2 is 1.75 bits per heavy atom. The summed E-state index contributed by atoms with van der Waals surface area (Å²) in [6.45, 7) is 5.10. The first-order valence-electron chi connectivity index (χ1n) is 6.82. The zero-order chi connectivity index (χ0) is 14.5. The quantitative estimate of drug-likeness (QED) is 0.809. The molecular formula is C17H19BrO2. The van der Waals surface area contributed by atoms with Gasteiger partial charge in [0.15, 0.2) is 0 Å². The topological polar surface area (TPSA) is 29.5 Å². The molecule has 20 heavy (non-hydrogen) atoms. The molecule has 0 aromatic heterocycles. The van der Waals surface area contributed by atoms with Gasteiger partial charge in [-0.25, -0.2) is 0 Å². The Morgan fingerprint density at radius 3 is 2.35 bits per heavy atom. The number of phenolic OH excluding ortho intramolecular Hbond substituents is 1. The zero-order valence-electron chi connectivity index (χ0n) is 11.8.